The van der Waals surface area contributed by atoms with Crippen LogP contribution in [-0.2, 0) is 14.6 Å². The lowest BCUT2D eigenvalue weighted by atomic mass is 9.68. The molecule has 0 spiro atoms. The van der Waals surface area contributed by atoms with Crippen molar-refractivity contribution >= 4 is 9.84 Å². The molecule has 0 bridgehead atoms. The van der Waals surface area contributed by atoms with Crippen molar-refractivity contribution in [2.24, 2.45) is 11.7 Å². The van der Waals surface area contributed by atoms with E-state index in [1.807, 2.05) is 0 Å². The van der Waals surface area contributed by atoms with Gasteiger partial charge in [0.2, 0.25) is 0 Å². The molecule has 98 valence electrons. The van der Waals surface area contributed by atoms with E-state index >= 15 is 0 Å². The van der Waals surface area contributed by atoms with Crippen LogP contribution in [0, 0.1) is 5.92 Å². The summed E-state index contributed by atoms with van der Waals surface area (Å²) in [4.78, 5) is 2.22. The van der Waals surface area contributed by atoms with E-state index < -0.39 is 9.84 Å². The van der Waals surface area contributed by atoms with Crippen LogP contribution in [0.25, 0.3) is 0 Å². The number of ether oxygens (including phenoxy) is 1. The monoisotopic (exact) mass is 260 g/mol. The van der Waals surface area contributed by atoms with Gasteiger partial charge in [0.25, 0.3) is 0 Å². The quantitative estimate of drug-likeness (QED) is 0.670. The Bertz CT molecular complexity index is 384. The van der Waals surface area contributed by atoms with E-state index in [-0.39, 0.29) is 29.7 Å². The molecule has 4 unspecified atom stereocenters. The molecule has 4 atom stereocenters. The molecule has 5 nitrogen and oxygen atoms in total. The number of sulfone groups is 1. The van der Waals surface area contributed by atoms with Crippen LogP contribution in [0.1, 0.15) is 12.8 Å². The number of nitrogens with zero attached hydrogens (tertiary/aromatic N) is 1. The molecule has 0 aromatic rings. The number of fused-ring (bicyclic) bond motifs is 1. The van der Waals surface area contributed by atoms with Gasteiger partial charge in [-0.15, -0.1) is 0 Å². The van der Waals surface area contributed by atoms with Crippen LogP contribution in [0.15, 0.2) is 0 Å². The third kappa shape index (κ3) is 2.01. The van der Waals surface area contributed by atoms with E-state index in [1.54, 1.807) is 0 Å². The molecular weight excluding hydrogens is 240 g/mol. The lowest BCUT2D eigenvalue weighted by Gasteiger charge is -2.56. The van der Waals surface area contributed by atoms with Crippen molar-refractivity contribution in [3.63, 3.8) is 0 Å². The van der Waals surface area contributed by atoms with Gasteiger partial charge in [-0.05, 0) is 12.8 Å². The van der Waals surface area contributed by atoms with Crippen LogP contribution in [0.2, 0.25) is 0 Å². The molecule has 2 heterocycles. The molecule has 17 heavy (non-hydrogen) atoms. The smallest absolute Gasteiger partial charge is 0.152 e. The van der Waals surface area contributed by atoms with Gasteiger partial charge in [0, 0.05) is 31.7 Å². The van der Waals surface area contributed by atoms with E-state index in [1.165, 1.54) is 0 Å². The molecule has 6 heteroatoms. The average Bonchev–Trinajstić information content (AvgIpc) is 2.31. The van der Waals surface area contributed by atoms with Crippen molar-refractivity contribution < 1.29 is 13.2 Å². The SMILES string of the molecule is NC1C2CCCOC2C1N1CCS(=O)(=O)CC1. The summed E-state index contributed by atoms with van der Waals surface area (Å²) in [6.45, 7) is 2.07. The van der Waals surface area contributed by atoms with Gasteiger partial charge < -0.3 is 10.5 Å². The second-order valence-electron chi connectivity index (χ2n) is 5.40. The van der Waals surface area contributed by atoms with Crippen LogP contribution < -0.4 is 5.73 Å². The summed E-state index contributed by atoms with van der Waals surface area (Å²) in [5.41, 5.74) is 6.20. The topological polar surface area (TPSA) is 72.6 Å². The molecule has 2 saturated heterocycles. The number of hydrogen-bond donors (Lipinski definition) is 1. The predicted molar refractivity (Wildman–Crippen MR) is 64.5 cm³/mol. The van der Waals surface area contributed by atoms with E-state index in [0.717, 1.165) is 19.4 Å². The van der Waals surface area contributed by atoms with Crippen molar-refractivity contribution in [1.29, 1.82) is 0 Å². The first-order valence-corrected chi connectivity index (χ1v) is 8.22. The summed E-state index contributed by atoms with van der Waals surface area (Å²) in [6, 6.07) is 0.414. The Hall–Kier alpha value is -0.170. The van der Waals surface area contributed by atoms with Gasteiger partial charge >= 0.3 is 0 Å². The molecule has 2 N–H and O–H groups in total. The van der Waals surface area contributed by atoms with Gasteiger partial charge in [-0.2, -0.15) is 0 Å². The molecule has 0 radical (unpaired) electrons. The second-order valence-corrected chi connectivity index (χ2v) is 7.70. The van der Waals surface area contributed by atoms with Crippen molar-refractivity contribution in [3.05, 3.63) is 0 Å². The molecule has 0 aromatic heterocycles. The van der Waals surface area contributed by atoms with Crippen LogP contribution in [0.3, 0.4) is 0 Å². The van der Waals surface area contributed by atoms with Crippen molar-refractivity contribution in [2.45, 2.75) is 31.0 Å². The zero-order valence-electron chi connectivity index (χ0n) is 9.92. The van der Waals surface area contributed by atoms with Gasteiger partial charge in [-0.3, -0.25) is 4.90 Å². The van der Waals surface area contributed by atoms with E-state index in [0.29, 0.717) is 19.0 Å². The van der Waals surface area contributed by atoms with E-state index in [4.69, 9.17) is 10.5 Å². The average molecular weight is 260 g/mol. The van der Waals surface area contributed by atoms with Crippen LogP contribution in [-0.4, -0.2) is 62.7 Å². The van der Waals surface area contributed by atoms with Gasteiger partial charge in [0.1, 0.15) is 0 Å². The molecular formula is C11H20N2O3S. The Morgan fingerprint density at radius 2 is 1.94 bits per heavy atom. The lowest BCUT2D eigenvalue weighted by molar-refractivity contribution is -0.153. The van der Waals surface area contributed by atoms with Crippen molar-refractivity contribution in [2.75, 3.05) is 31.2 Å². The first-order chi connectivity index (χ1) is 8.08. The molecule has 1 saturated carbocycles. The fraction of sp³-hybridized carbons (Fsp3) is 1.00. The molecule has 0 aromatic carbocycles. The van der Waals surface area contributed by atoms with Gasteiger partial charge in [-0.1, -0.05) is 0 Å². The summed E-state index contributed by atoms with van der Waals surface area (Å²) in [7, 11) is -2.80. The van der Waals surface area contributed by atoms with E-state index in [9.17, 15) is 8.42 Å². The highest BCUT2D eigenvalue weighted by Gasteiger charge is 2.53. The Labute approximate surface area is 102 Å². The Morgan fingerprint density at radius 3 is 2.65 bits per heavy atom. The Kier molecular flexibility index (Phi) is 2.93. The second kappa shape index (κ2) is 4.19. The summed E-state index contributed by atoms with van der Waals surface area (Å²) in [5.74, 6) is 1.04. The minimum absolute atomic E-state index is 0.168. The lowest BCUT2D eigenvalue weighted by Crippen LogP contribution is -2.73. The van der Waals surface area contributed by atoms with Gasteiger partial charge in [-0.25, -0.2) is 8.42 Å². The van der Waals surface area contributed by atoms with Crippen LogP contribution >= 0.6 is 0 Å². The highest BCUT2D eigenvalue weighted by atomic mass is 32.2. The number of nitrogens with two attached hydrogens (primary N) is 1. The minimum atomic E-state index is -2.80. The predicted octanol–water partition coefficient (Wildman–Crippen LogP) is -0.778. The fourth-order valence-corrected chi connectivity index (χ4v) is 4.62. The normalized spacial score (nSPS) is 45.9. The molecule has 3 aliphatic rings. The Morgan fingerprint density at radius 1 is 1.24 bits per heavy atom. The summed E-state index contributed by atoms with van der Waals surface area (Å²) < 4.78 is 28.6. The Balaban J connectivity index is 1.65. The number of rotatable bonds is 1. The molecule has 2 aliphatic heterocycles. The minimum Gasteiger partial charge on any atom is -0.376 e. The standard InChI is InChI=1S/C11H20N2O3S/c12-9-8-2-1-5-16-11(8)10(9)13-3-6-17(14,15)7-4-13/h8-11H,1-7,12H2. The maximum atomic E-state index is 11.4. The third-order valence-electron chi connectivity index (χ3n) is 4.44. The molecule has 1 aliphatic carbocycles. The maximum Gasteiger partial charge on any atom is 0.152 e. The summed E-state index contributed by atoms with van der Waals surface area (Å²) in [6.07, 6.45) is 2.52. The fourth-order valence-electron chi connectivity index (χ4n) is 3.39. The zero-order valence-corrected chi connectivity index (χ0v) is 10.7. The molecule has 3 fully saturated rings. The van der Waals surface area contributed by atoms with Crippen molar-refractivity contribution in [3.8, 4) is 0 Å². The maximum absolute atomic E-state index is 11.4. The molecule has 0 amide bonds. The van der Waals surface area contributed by atoms with Crippen LogP contribution in [0.5, 0.6) is 0 Å². The van der Waals surface area contributed by atoms with Crippen LogP contribution in [0.4, 0.5) is 0 Å². The van der Waals surface area contributed by atoms with E-state index in [2.05, 4.69) is 4.90 Å². The first-order valence-electron chi connectivity index (χ1n) is 6.40. The highest BCUT2D eigenvalue weighted by Crippen LogP contribution is 2.40. The zero-order chi connectivity index (χ0) is 12.0. The molecule has 3 rings (SSSR count). The van der Waals surface area contributed by atoms with Gasteiger partial charge in [0.15, 0.2) is 9.84 Å². The largest absolute Gasteiger partial charge is 0.376 e. The highest BCUT2D eigenvalue weighted by molar-refractivity contribution is 7.91. The van der Waals surface area contributed by atoms with Gasteiger partial charge in [0.05, 0.1) is 23.7 Å². The first kappa shape index (κ1) is 11.9. The summed E-state index contributed by atoms with van der Waals surface area (Å²) >= 11 is 0. The summed E-state index contributed by atoms with van der Waals surface area (Å²) in [5, 5.41) is 0. The third-order valence-corrected chi connectivity index (χ3v) is 6.05. The number of hydrogen-bond acceptors (Lipinski definition) is 5. The van der Waals surface area contributed by atoms with Crippen molar-refractivity contribution in [1.82, 2.24) is 4.90 Å².